The Balaban J connectivity index is 1.92. The highest BCUT2D eigenvalue weighted by Crippen LogP contribution is 2.41. The summed E-state index contributed by atoms with van der Waals surface area (Å²) in [7, 11) is -2.45. The first kappa shape index (κ1) is 45.5. The molecule has 0 radical (unpaired) electrons. The van der Waals surface area contributed by atoms with Crippen LogP contribution in [0.3, 0.4) is 0 Å². The maximum absolute atomic E-state index is 14.9. The van der Waals surface area contributed by atoms with E-state index in [-0.39, 0.29) is 48.7 Å². The number of likely N-dealkylation sites (N-methyl/N-ethyl adjacent to an activating group) is 1. The van der Waals surface area contributed by atoms with E-state index in [0.29, 0.717) is 25.7 Å². The van der Waals surface area contributed by atoms with Gasteiger partial charge in [-0.3, -0.25) is 24.2 Å². The van der Waals surface area contributed by atoms with Crippen molar-refractivity contribution in [3.05, 3.63) is 37.2 Å². The zero-order chi connectivity index (χ0) is 41.1. The fraction of sp³-hybridized carbons (Fsp3) is 0.700. The maximum atomic E-state index is 14.9. The van der Waals surface area contributed by atoms with E-state index in [0.717, 1.165) is 25.7 Å². The number of nitrogens with one attached hydrogen (secondary N) is 4. The quantitative estimate of drug-likeness (QED) is 0.126. The molecule has 1 aliphatic carbocycles. The molecule has 2 aliphatic rings. The van der Waals surface area contributed by atoms with E-state index in [1.807, 2.05) is 48.5 Å². The number of aromatic nitrogens is 1. The molecular formula is C40H65N7O7S. The average Bonchev–Trinajstić information content (AvgIpc) is 3.60. The lowest BCUT2D eigenvalue weighted by Crippen LogP contribution is -2.63. The molecule has 0 spiro atoms. The van der Waals surface area contributed by atoms with Gasteiger partial charge in [-0.1, -0.05) is 86.6 Å². The number of urea groups is 1. The molecule has 5 amide bonds. The van der Waals surface area contributed by atoms with Crippen molar-refractivity contribution >= 4 is 39.6 Å². The van der Waals surface area contributed by atoms with Gasteiger partial charge in [0, 0.05) is 45.1 Å². The van der Waals surface area contributed by atoms with Gasteiger partial charge in [-0.2, -0.15) is 4.31 Å². The van der Waals surface area contributed by atoms with E-state index >= 15 is 0 Å². The van der Waals surface area contributed by atoms with Crippen molar-refractivity contribution in [1.82, 2.24) is 35.5 Å². The van der Waals surface area contributed by atoms with Crippen LogP contribution in [-0.2, 0) is 29.2 Å². The van der Waals surface area contributed by atoms with Gasteiger partial charge in [-0.25, -0.2) is 13.2 Å². The number of hydrogen-bond donors (Lipinski definition) is 4. The second-order valence-corrected chi connectivity index (χ2v) is 18.9. The van der Waals surface area contributed by atoms with E-state index in [1.54, 1.807) is 11.0 Å². The SMILES string of the molecule is C=CCNC(=O)C(=O)C(CCCC)NC(=O)[C@@H]1[C@@H](C(C)C)CCN1C(=O)[C@@H](NC(=O)N[C@H](CN(C)S(=O)(=O)c1cccnc1)C(C)(C)C)C1(C)CCCCC1. The lowest BCUT2D eigenvalue weighted by Gasteiger charge is -2.43. The first-order valence-corrected chi connectivity index (χ1v) is 21.2. The molecule has 1 saturated heterocycles. The number of carbonyl (C=O) groups is 5. The number of rotatable bonds is 18. The van der Waals surface area contributed by atoms with Crippen LogP contribution in [0.5, 0.6) is 0 Å². The predicted octanol–water partition coefficient (Wildman–Crippen LogP) is 4.17. The zero-order valence-corrected chi connectivity index (χ0v) is 35.0. The van der Waals surface area contributed by atoms with E-state index in [1.165, 1.54) is 35.9 Å². The topological polar surface area (TPSA) is 187 Å². The molecule has 308 valence electrons. The molecule has 2 heterocycles. The Morgan fingerprint density at radius 2 is 1.76 bits per heavy atom. The molecular weight excluding hydrogens is 723 g/mol. The van der Waals surface area contributed by atoms with Gasteiger partial charge in [-0.05, 0) is 60.5 Å². The number of likely N-dealkylation sites (tertiary alicyclic amines) is 1. The van der Waals surface area contributed by atoms with Gasteiger partial charge in [0.25, 0.3) is 5.91 Å². The number of Topliss-reactive ketones (excluding diaryl/α,β-unsaturated/α-hetero) is 1. The third kappa shape index (κ3) is 11.8. The molecule has 55 heavy (non-hydrogen) atoms. The first-order chi connectivity index (χ1) is 25.8. The summed E-state index contributed by atoms with van der Waals surface area (Å²) >= 11 is 0. The largest absolute Gasteiger partial charge is 0.346 e. The van der Waals surface area contributed by atoms with Crippen LogP contribution in [0.4, 0.5) is 4.79 Å². The third-order valence-electron chi connectivity index (χ3n) is 11.3. The number of unbranched alkanes of at least 4 members (excludes halogenated alkanes) is 1. The van der Waals surface area contributed by atoms with E-state index in [9.17, 15) is 32.4 Å². The molecule has 0 bridgehead atoms. The lowest BCUT2D eigenvalue weighted by molar-refractivity contribution is -0.145. The van der Waals surface area contributed by atoms with E-state index < -0.39 is 68.6 Å². The minimum atomic E-state index is -3.91. The Kier molecular flexibility index (Phi) is 16.4. The van der Waals surface area contributed by atoms with Crippen molar-refractivity contribution in [3.63, 3.8) is 0 Å². The Bertz CT molecular complexity index is 1610. The van der Waals surface area contributed by atoms with E-state index in [2.05, 4.69) is 32.8 Å². The van der Waals surface area contributed by atoms with Crippen molar-refractivity contribution in [2.75, 3.05) is 26.7 Å². The minimum absolute atomic E-state index is 0.0155. The number of amides is 5. The molecule has 4 N–H and O–H groups in total. The van der Waals surface area contributed by atoms with Crippen LogP contribution in [0.15, 0.2) is 42.1 Å². The van der Waals surface area contributed by atoms with Gasteiger partial charge in [0.05, 0.1) is 6.04 Å². The molecule has 14 nitrogen and oxygen atoms in total. The number of carbonyl (C=O) groups excluding carboxylic acids is 5. The number of sulfonamides is 1. The number of pyridine rings is 1. The summed E-state index contributed by atoms with van der Waals surface area (Å²) in [5.74, 6) is -2.65. The van der Waals surface area contributed by atoms with Crippen molar-refractivity contribution in [3.8, 4) is 0 Å². The van der Waals surface area contributed by atoms with Crippen LogP contribution < -0.4 is 21.3 Å². The molecule has 1 aromatic heterocycles. The van der Waals surface area contributed by atoms with Gasteiger partial charge >= 0.3 is 6.03 Å². The van der Waals surface area contributed by atoms with Crippen LogP contribution in [0, 0.1) is 22.7 Å². The maximum Gasteiger partial charge on any atom is 0.315 e. The average molecular weight is 788 g/mol. The summed E-state index contributed by atoms with van der Waals surface area (Å²) in [5.41, 5.74) is -1.20. The lowest BCUT2D eigenvalue weighted by atomic mass is 9.70. The Morgan fingerprint density at radius 3 is 2.33 bits per heavy atom. The predicted molar refractivity (Wildman–Crippen MR) is 212 cm³/mol. The molecule has 15 heteroatoms. The van der Waals surface area contributed by atoms with Crippen LogP contribution in [-0.4, -0.2) is 103 Å². The Hall–Kier alpha value is -3.85. The zero-order valence-electron chi connectivity index (χ0n) is 34.2. The normalized spacial score (nSPS) is 20.3. The fourth-order valence-electron chi connectivity index (χ4n) is 7.69. The highest BCUT2D eigenvalue weighted by molar-refractivity contribution is 7.89. The molecule has 1 aromatic rings. The Labute approximate surface area is 328 Å². The standard InChI is InChI=1S/C40H65N7O7S/c1-10-12-18-30(33(48)36(50)42-22-11-2)43-35(49)32-29(27(3)4)19-24-47(32)37(51)34(40(8)20-14-13-15-21-40)45-38(52)44-31(39(5,6)7)26-46(9)55(53,54)28-17-16-23-41-25-28/h11,16-17,23,25,27,29-32,34H,2,10,12-15,18-22,24,26H2,1,3-9H3,(H,42,50)(H,43,49)(H2,44,45,52)/t29-,30?,31-,32+,34-/m1/s1. The van der Waals surface area contributed by atoms with Gasteiger partial charge in [0.15, 0.2) is 0 Å². The summed E-state index contributed by atoms with van der Waals surface area (Å²) in [6.07, 6.45) is 10.5. The number of hydrogen-bond acceptors (Lipinski definition) is 8. The molecule has 0 aromatic carbocycles. The van der Waals surface area contributed by atoms with Gasteiger partial charge < -0.3 is 26.2 Å². The molecule has 1 saturated carbocycles. The first-order valence-electron chi connectivity index (χ1n) is 19.8. The van der Waals surface area contributed by atoms with Crippen molar-refractivity contribution in [2.24, 2.45) is 22.7 Å². The van der Waals surface area contributed by atoms with Crippen LogP contribution in [0.25, 0.3) is 0 Å². The minimum Gasteiger partial charge on any atom is -0.346 e. The van der Waals surface area contributed by atoms with Crippen molar-refractivity contribution in [1.29, 1.82) is 0 Å². The van der Waals surface area contributed by atoms with Crippen molar-refractivity contribution < 1.29 is 32.4 Å². The molecule has 1 aliphatic heterocycles. The summed E-state index contributed by atoms with van der Waals surface area (Å²) < 4.78 is 27.9. The van der Waals surface area contributed by atoms with Crippen LogP contribution >= 0.6 is 0 Å². The monoisotopic (exact) mass is 787 g/mol. The second-order valence-electron chi connectivity index (χ2n) is 16.9. The number of ketones is 1. The second kappa shape index (κ2) is 19.8. The van der Waals surface area contributed by atoms with E-state index in [4.69, 9.17) is 0 Å². The molecule has 1 unspecified atom stereocenters. The van der Waals surface area contributed by atoms with Gasteiger partial charge in [-0.15, -0.1) is 6.58 Å². The van der Waals surface area contributed by atoms with Gasteiger partial charge in [0.2, 0.25) is 27.6 Å². The Morgan fingerprint density at radius 1 is 1.09 bits per heavy atom. The van der Waals surface area contributed by atoms with Crippen LogP contribution in [0.2, 0.25) is 0 Å². The summed E-state index contributed by atoms with van der Waals surface area (Å²) in [6.45, 7) is 17.5. The van der Waals surface area contributed by atoms with Crippen LogP contribution in [0.1, 0.15) is 106 Å². The number of nitrogens with zero attached hydrogens (tertiary/aromatic N) is 3. The highest BCUT2D eigenvalue weighted by Gasteiger charge is 2.50. The summed E-state index contributed by atoms with van der Waals surface area (Å²) in [5, 5.41) is 11.3. The molecule has 5 atom stereocenters. The summed E-state index contributed by atoms with van der Waals surface area (Å²) in [4.78, 5) is 74.6. The van der Waals surface area contributed by atoms with Gasteiger partial charge in [0.1, 0.15) is 17.0 Å². The smallest absolute Gasteiger partial charge is 0.315 e. The molecule has 3 rings (SSSR count). The third-order valence-corrected chi connectivity index (χ3v) is 13.1. The fourth-order valence-corrected chi connectivity index (χ4v) is 8.84. The molecule has 2 fully saturated rings. The van der Waals surface area contributed by atoms with Crippen molar-refractivity contribution in [2.45, 2.75) is 135 Å². The summed E-state index contributed by atoms with van der Waals surface area (Å²) in [6, 6.07) is -1.24. The highest BCUT2D eigenvalue weighted by atomic mass is 32.2.